The molecule has 1 saturated carbocycles. The number of nitrogens with one attached hydrogen (secondary N) is 2. The normalized spacial score (nSPS) is 14.5. The summed E-state index contributed by atoms with van der Waals surface area (Å²) in [5, 5.41) is 2.82. The summed E-state index contributed by atoms with van der Waals surface area (Å²) < 4.78 is 28.8. The van der Waals surface area contributed by atoms with Crippen LogP contribution in [0.5, 0.6) is 0 Å². The van der Waals surface area contributed by atoms with Crippen molar-refractivity contribution in [2.75, 3.05) is 13.1 Å². The Balaban J connectivity index is 1.53. The molecular weight excluding hydrogens is 326 g/mol. The lowest BCUT2D eigenvalue weighted by Gasteiger charge is -2.08. The van der Waals surface area contributed by atoms with Gasteiger partial charge in [-0.05, 0) is 55.2 Å². The fourth-order valence-corrected chi connectivity index (χ4v) is 3.45. The Kier molecular flexibility index (Phi) is 5.01. The summed E-state index contributed by atoms with van der Waals surface area (Å²) in [6, 6.07) is 9.87. The Labute approximate surface area is 141 Å². The minimum absolute atomic E-state index is 0.187. The van der Waals surface area contributed by atoms with E-state index in [4.69, 9.17) is 0 Å². The van der Waals surface area contributed by atoms with E-state index in [0.717, 1.165) is 12.8 Å². The number of carbonyl (C=O) groups is 1. The molecule has 0 saturated heterocycles. The number of aromatic nitrogens is 1. The highest BCUT2D eigenvalue weighted by Gasteiger charge is 2.24. The predicted molar refractivity (Wildman–Crippen MR) is 91.1 cm³/mol. The van der Waals surface area contributed by atoms with Gasteiger partial charge in [0.25, 0.3) is 5.91 Å². The Morgan fingerprint density at radius 1 is 1.12 bits per heavy atom. The topological polar surface area (TPSA) is 80.2 Å². The third kappa shape index (κ3) is 4.46. The summed E-state index contributed by atoms with van der Waals surface area (Å²) in [7, 11) is -3.49. The fraction of sp³-hybridized carbons (Fsp3) is 0.353. The zero-order chi connectivity index (χ0) is 17.0. The highest BCUT2D eigenvalue weighted by molar-refractivity contribution is 7.89. The number of hydrogen-bond acceptors (Lipinski definition) is 3. The van der Waals surface area contributed by atoms with Crippen molar-refractivity contribution in [3.05, 3.63) is 54.4 Å². The Morgan fingerprint density at radius 2 is 1.79 bits per heavy atom. The number of benzene rings is 1. The first-order chi connectivity index (χ1) is 11.5. The molecule has 1 heterocycles. The number of carbonyl (C=O) groups excluding carboxylic acids is 1. The van der Waals surface area contributed by atoms with Gasteiger partial charge in [0.15, 0.2) is 0 Å². The molecule has 1 aromatic carbocycles. The van der Waals surface area contributed by atoms with Crippen LogP contribution in [-0.2, 0) is 16.6 Å². The maximum atomic E-state index is 12.1. The summed E-state index contributed by atoms with van der Waals surface area (Å²) >= 11 is 0. The Morgan fingerprint density at radius 3 is 2.42 bits per heavy atom. The van der Waals surface area contributed by atoms with Crippen molar-refractivity contribution in [1.29, 1.82) is 0 Å². The molecular formula is C17H21N3O3S. The monoisotopic (exact) mass is 347 g/mol. The molecule has 2 aromatic rings. The predicted octanol–water partition coefficient (Wildman–Crippen LogP) is 1.61. The average Bonchev–Trinajstić information content (AvgIpc) is 3.28. The van der Waals surface area contributed by atoms with Crippen molar-refractivity contribution >= 4 is 15.9 Å². The molecule has 0 unspecified atom stereocenters. The molecule has 0 spiro atoms. The maximum absolute atomic E-state index is 12.1. The van der Waals surface area contributed by atoms with Crippen LogP contribution in [0.2, 0.25) is 0 Å². The van der Waals surface area contributed by atoms with Gasteiger partial charge < -0.3 is 9.88 Å². The third-order valence-corrected chi connectivity index (χ3v) is 5.45. The number of rotatable bonds is 8. The molecule has 1 fully saturated rings. The largest absolute Gasteiger partial charge is 0.353 e. The molecule has 7 heteroatoms. The molecule has 1 aliphatic carbocycles. The average molecular weight is 347 g/mol. The number of nitrogens with zero attached hydrogens (tertiary/aromatic N) is 1. The molecule has 0 aliphatic heterocycles. The standard InChI is InChI=1S/C17H21N3O3S/c21-17(18-9-12-20-10-1-2-11-20)15-5-7-16(8-6-15)24(22,23)19-13-14-3-4-14/h1-2,5-8,10-11,14,19H,3-4,9,12-13H2,(H,18,21). The van der Waals surface area contributed by atoms with Gasteiger partial charge in [-0.3, -0.25) is 4.79 Å². The zero-order valence-corrected chi connectivity index (χ0v) is 14.1. The highest BCUT2D eigenvalue weighted by atomic mass is 32.2. The van der Waals surface area contributed by atoms with Gasteiger partial charge in [-0.2, -0.15) is 0 Å². The summed E-state index contributed by atoms with van der Waals surface area (Å²) in [5.74, 6) is 0.266. The minimum atomic E-state index is -3.49. The van der Waals surface area contributed by atoms with E-state index in [1.54, 1.807) is 0 Å². The van der Waals surface area contributed by atoms with Crippen LogP contribution < -0.4 is 10.0 Å². The first-order valence-corrected chi connectivity index (χ1v) is 9.51. The van der Waals surface area contributed by atoms with Crippen LogP contribution in [0.1, 0.15) is 23.2 Å². The van der Waals surface area contributed by atoms with E-state index in [-0.39, 0.29) is 10.8 Å². The van der Waals surface area contributed by atoms with Gasteiger partial charge in [-0.1, -0.05) is 0 Å². The van der Waals surface area contributed by atoms with Crippen LogP contribution in [0.4, 0.5) is 0 Å². The Bertz CT molecular complexity index is 779. The van der Waals surface area contributed by atoms with Gasteiger partial charge in [0.2, 0.25) is 10.0 Å². The third-order valence-electron chi connectivity index (χ3n) is 4.01. The SMILES string of the molecule is O=C(NCCn1cccc1)c1ccc(S(=O)(=O)NCC2CC2)cc1. The molecule has 24 heavy (non-hydrogen) atoms. The van der Waals surface area contributed by atoms with Crippen LogP contribution in [0, 0.1) is 5.92 Å². The summed E-state index contributed by atoms with van der Waals surface area (Å²) in [6.07, 6.45) is 6.04. The fourth-order valence-electron chi connectivity index (χ4n) is 2.34. The van der Waals surface area contributed by atoms with Crippen LogP contribution in [0.15, 0.2) is 53.7 Å². The molecule has 6 nitrogen and oxygen atoms in total. The summed E-state index contributed by atoms with van der Waals surface area (Å²) in [6.45, 7) is 1.69. The highest BCUT2D eigenvalue weighted by Crippen LogP contribution is 2.28. The van der Waals surface area contributed by atoms with Gasteiger partial charge in [-0.25, -0.2) is 13.1 Å². The lowest BCUT2D eigenvalue weighted by Crippen LogP contribution is -2.27. The van der Waals surface area contributed by atoms with Gasteiger partial charge >= 0.3 is 0 Å². The second kappa shape index (κ2) is 7.19. The van der Waals surface area contributed by atoms with Crippen molar-refractivity contribution in [1.82, 2.24) is 14.6 Å². The molecule has 3 rings (SSSR count). The molecule has 1 aromatic heterocycles. The van der Waals surface area contributed by atoms with E-state index in [1.165, 1.54) is 24.3 Å². The van der Waals surface area contributed by atoms with Crippen molar-refractivity contribution in [3.8, 4) is 0 Å². The quantitative estimate of drug-likeness (QED) is 0.761. The molecule has 1 amide bonds. The van der Waals surface area contributed by atoms with E-state index in [1.807, 2.05) is 29.1 Å². The second-order valence-electron chi connectivity index (χ2n) is 6.00. The van der Waals surface area contributed by atoms with Crippen LogP contribution in [0.3, 0.4) is 0 Å². The van der Waals surface area contributed by atoms with E-state index >= 15 is 0 Å². The number of hydrogen-bond donors (Lipinski definition) is 2. The molecule has 0 radical (unpaired) electrons. The molecule has 2 N–H and O–H groups in total. The van der Waals surface area contributed by atoms with E-state index in [9.17, 15) is 13.2 Å². The molecule has 0 atom stereocenters. The van der Waals surface area contributed by atoms with Crippen LogP contribution >= 0.6 is 0 Å². The van der Waals surface area contributed by atoms with Crippen molar-refractivity contribution < 1.29 is 13.2 Å². The van der Waals surface area contributed by atoms with Gasteiger partial charge in [0.1, 0.15) is 0 Å². The van der Waals surface area contributed by atoms with Crippen molar-refractivity contribution in [2.45, 2.75) is 24.3 Å². The molecule has 0 bridgehead atoms. The van der Waals surface area contributed by atoms with Gasteiger partial charge in [0, 0.05) is 37.6 Å². The zero-order valence-electron chi connectivity index (χ0n) is 13.3. The smallest absolute Gasteiger partial charge is 0.251 e. The number of sulfonamides is 1. The molecule has 128 valence electrons. The van der Waals surface area contributed by atoms with E-state index < -0.39 is 10.0 Å². The van der Waals surface area contributed by atoms with Crippen molar-refractivity contribution in [3.63, 3.8) is 0 Å². The second-order valence-corrected chi connectivity index (χ2v) is 7.76. The lowest BCUT2D eigenvalue weighted by molar-refractivity contribution is 0.0952. The first kappa shape index (κ1) is 16.7. The van der Waals surface area contributed by atoms with Crippen molar-refractivity contribution in [2.24, 2.45) is 5.92 Å². The van der Waals surface area contributed by atoms with Crippen LogP contribution in [-0.4, -0.2) is 32.0 Å². The van der Waals surface area contributed by atoms with E-state index in [2.05, 4.69) is 10.0 Å². The maximum Gasteiger partial charge on any atom is 0.251 e. The minimum Gasteiger partial charge on any atom is -0.353 e. The van der Waals surface area contributed by atoms with E-state index in [0.29, 0.717) is 31.1 Å². The summed E-state index contributed by atoms with van der Waals surface area (Å²) in [4.78, 5) is 12.3. The molecule has 1 aliphatic rings. The van der Waals surface area contributed by atoms with Crippen LogP contribution in [0.25, 0.3) is 0 Å². The lowest BCUT2D eigenvalue weighted by atomic mass is 10.2. The Hall–Kier alpha value is -2.12. The first-order valence-electron chi connectivity index (χ1n) is 8.03. The number of amides is 1. The summed E-state index contributed by atoms with van der Waals surface area (Å²) in [5.41, 5.74) is 0.448. The van der Waals surface area contributed by atoms with Gasteiger partial charge in [0.05, 0.1) is 4.90 Å². The van der Waals surface area contributed by atoms with Gasteiger partial charge in [-0.15, -0.1) is 0 Å².